The van der Waals surface area contributed by atoms with Gasteiger partial charge in [0.1, 0.15) is 0 Å². The van der Waals surface area contributed by atoms with Crippen molar-refractivity contribution >= 4 is 51.4 Å². The minimum absolute atomic E-state index is 0.364. The highest BCUT2D eigenvalue weighted by Crippen LogP contribution is 2.36. The van der Waals surface area contributed by atoms with Crippen molar-refractivity contribution in [2.24, 2.45) is 5.92 Å². The molecule has 0 spiro atoms. The predicted octanol–water partition coefficient (Wildman–Crippen LogP) is 6.52. The second kappa shape index (κ2) is 10.5. The first kappa shape index (κ1) is 23.5. The Morgan fingerprint density at radius 3 is 2.52 bits per heavy atom. The van der Waals surface area contributed by atoms with Crippen molar-refractivity contribution in [3.05, 3.63) is 58.6 Å². The fourth-order valence-corrected chi connectivity index (χ4v) is 4.42. The number of ether oxygens (including phenoxy) is 2. The quantitative estimate of drug-likeness (QED) is 0.415. The monoisotopic (exact) mass is 487 g/mol. The number of likely N-dealkylation sites (tertiary alicyclic amines) is 1. The van der Waals surface area contributed by atoms with E-state index in [2.05, 4.69) is 22.6 Å². The van der Waals surface area contributed by atoms with Crippen LogP contribution in [-0.4, -0.2) is 44.8 Å². The first-order valence-electron chi connectivity index (χ1n) is 10.9. The SMILES string of the molecule is COc1cc2c(NC(=O)Nc3ccc(Cl)cc3Cl)cccc2cc1OCC1CCN(C)CC1. The van der Waals surface area contributed by atoms with Gasteiger partial charge in [0.2, 0.25) is 0 Å². The van der Waals surface area contributed by atoms with Gasteiger partial charge in [0.05, 0.1) is 30.1 Å². The Hall–Kier alpha value is -2.67. The number of hydrogen-bond acceptors (Lipinski definition) is 4. The van der Waals surface area contributed by atoms with Crippen LogP contribution in [0.3, 0.4) is 0 Å². The van der Waals surface area contributed by atoms with Crippen LogP contribution in [0.25, 0.3) is 10.8 Å². The zero-order valence-electron chi connectivity index (χ0n) is 18.7. The van der Waals surface area contributed by atoms with E-state index in [0.29, 0.717) is 45.4 Å². The maximum absolute atomic E-state index is 12.6. The number of nitrogens with one attached hydrogen (secondary N) is 2. The Kier molecular flexibility index (Phi) is 7.48. The number of methoxy groups -OCH3 is 1. The molecule has 0 aliphatic carbocycles. The Morgan fingerprint density at radius 1 is 1.03 bits per heavy atom. The van der Waals surface area contributed by atoms with Crippen LogP contribution in [-0.2, 0) is 0 Å². The third-order valence-electron chi connectivity index (χ3n) is 5.90. The van der Waals surface area contributed by atoms with Crippen molar-refractivity contribution in [2.75, 3.05) is 44.5 Å². The number of fused-ring (bicyclic) bond motifs is 1. The van der Waals surface area contributed by atoms with Crippen LogP contribution >= 0.6 is 23.2 Å². The summed E-state index contributed by atoms with van der Waals surface area (Å²) < 4.78 is 11.8. The number of urea groups is 1. The summed E-state index contributed by atoms with van der Waals surface area (Å²) in [6.07, 6.45) is 2.26. The largest absolute Gasteiger partial charge is 0.493 e. The van der Waals surface area contributed by atoms with E-state index in [1.54, 1.807) is 25.3 Å². The highest BCUT2D eigenvalue weighted by atomic mass is 35.5. The van der Waals surface area contributed by atoms with Crippen molar-refractivity contribution in [2.45, 2.75) is 12.8 Å². The highest BCUT2D eigenvalue weighted by Gasteiger charge is 2.19. The van der Waals surface area contributed by atoms with E-state index in [1.165, 1.54) is 0 Å². The third-order valence-corrected chi connectivity index (χ3v) is 6.45. The Balaban J connectivity index is 1.50. The van der Waals surface area contributed by atoms with Crippen molar-refractivity contribution in [3.63, 3.8) is 0 Å². The summed E-state index contributed by atoms with van der Waals surface area (Å²) in [5.74, 6) is 1.88. The second-order valence-corrected chi connectivity index (χ2v) is 9.13. The molecular formula is C25H27Cl2N3O3. The van der Waals surface area contributed by atoms with E-state index in [9.17, 15) is 4.79 Å². The van der Waals surface area contributed by atoms with Crippen LogP contribution in [0.1, 0.15) is 12.8 Å². The molecule has 1 aliphatic heterocycles. The summed E-state index contributed by atoms with van der Waals surface area (Å²) in [6, 6.07) is 14.1. The van der Waals surface area contributed by atoms with Gasteiger partial charge < -0.3 is 25.0 Å². The molecule has 174 valence electrons. The Morgan fingerprint density at radius 2 is 1.79 bits per heavy atom. The number of piperidine rings is 1. The molecule has 2 amide bonds. The molecule has 3 aromatic carbocycles. The minimum Gasteiger partial charge on any atom is -0.493 e. The molecule has 0 radical (unpaired) electrons. The number of benzene rings is 3. The molecule has 8 heteroatoms. The molecule has 6 nitrogen and oxygen atoms in total. The standard InChI is InChI=1S/C25H27Cl2N3O3/c1-30-10-8-16(9-11-30)15-33-24-12-17-4-3-5-21(19(17)14-23(24)32-2)28-25(31)29-22-7-6-18(26)13-20(22)27/h3-7,12-14,16H,8-11,15H2,1-2H3,(H2,28,29,31). The van der Waals surface area contributed by atoms with E-state index in [-0.39, 0.29) is 0 Å². The maximum atomic E-state index is 12.6. The first-order valence-corrected chi connectivity index (χ1v) is 11.6. The lowest BCUT2D eigenvalue weighted by Gasteiger charge is -2.29. The van der Waals surface area contributed by atoms with Crippen molar-refractivity contribution < 1.29 is 14.3 Å². The number of carbonyl (C=O) groups excluding carboxylic acids is 1. The number of carbonyl (C=O) groups is 1. The van der Waals surface area contributed by atoms with Gasteiger partial charge in [-0.2, -0.15) is 0 Å². The van der Waals surface area contributed by atoms with Gasteiger partial charge in [-0.3, -0.25) is 0 Å². The van der Waals surface area contributed by atoms with Crippen LogP contribution in [0.4, 0.5) is 16.2 Å². The zero-order valence-corrected chi connectivity index (χ0v) is 20.2. The lowest BCUT2D eigenvalue weighted by molar-refractivity contribution is 0.157. The molecule has 0 bridgehead atoms. The van der Waals surface area contributed by atoms with Crippen LogP contribution in [0.2, 0.25) is 10.0 Å². The van der Waals surface area contributed by atoms with Gasteiger partial charge in [-0.25, -0.2) is 4.79 Å². The molecular weight excluding hydrogens is 461 g/mol. The van der Waals surface area contributed by atoms with Crippen molar-refractivity contribution in [1.82, 2.24) is 4.90 Å². The molecule has 1 heterocycles. The average molecular weight is 488 g/mol. The van der Waals surface area contributed by atoms with Gasteiger partial charge in [-0.15, -0.1) is 0 Å². The fourth-order valence-electron chi connectivity index (χ4n) is 3.97. The lowest BCUT2D eigenvalue weighted by atomic mass is 9.98. The van der Waals surface area contributed by atoms with E-state index >= 15 is 0 Å². The molecule has 0 atom stereocenters. The van der Waals surface area contributed by atoms with Crippen LogP contribution in [0.5, 0.6) is 11.5 Å². The number of anilines is 2. The van der Waals surface area contributed by atoms with Gasteiger partial charge in [0.25, 0.3) is 0 Å². The Labute approximate surface area is 203 Å². The summed E-state index contributed by atoms with van der Waals surface area (Å²) in [5, 5.41) is 8.29. The van der Waals surface area contributed by atoms with E-state index in [0.717, 1.165) is 36.7 Å². The molecule has 3 aromatic rings. The van der Waals surface area contributed by atoms with E-state index < -0.39 is 6.03 Å². The topological polar surface area (TPSA) is 62.8 Å². The van der Waals surface area contributed by atoms with Crippen LogP contribution < -0.4 is 20.1 Å². The summed E-state index contributed by atoms with van der Waals surface area (Å²) in [4.78, 5) is 15.0. The number of amides is 2. The van der Waals surface area contributed by atoms with Gasteiger partial charge >= 0.3 is 6.03 Å². The molecule has 0 saturated carbocycles. The molecule has 2 N–H and O–H groups in total. The third kappa shape index (κ3) is 5.82. The van der Waals surface area contributed by atoms with Crippen molar-refractivity contribution in [3.8, 4) is 11.5 Å². The Bertz CT molecular complexity index is 1150. The van der Waals surface area contributed by atoms with Crippen LogP contribution in [0, 0.1) is 5.92 Å². The smallest absolute Gasteiger partial charge is 0.323 e. The lowest BCUT2D eigenvalue weighted by Crippen LogP contribution is -2.32. The van der Waals surface area contributed by atoms with Crippen molar-refractivity contribution in [1.29, 1.82) is 0 Å². The normalized spacial score (nSPS) is 14.8. The van der Waals surface area contributed by atoms with E-state index in [4.69, 9.17) is 32.7 Å². The molecule has 1 aliphatic rings. The highest BCUT2D eigenvalue weighted by molar-refractivity contribution is 6.36. The number of nitrogens with zero attached hydrogens (tertiary/aromatic N) is 1. The molecule has 33 heavy (non-hydrogen) atoms. The van der Waals surface area contributed by atoms with E-state index in [1.807, 2.05) is 30.3 Å². The molecule has 0 aromatic heterocycles. The molecule has 1 fully saturated rings. The summed E-state index contributed by atoms with van der Waals surface area (Å²) in [5.41, 5.74) is 1.12. The summed E-state index contributed by atoms with van der Waals surface area (Å²) in [7, 11) is 3.77. The molecule has 0 unspecified atom stereocenters. The predicted molar refractivity (Wildman–Crippen MR) is 135 cm³/mol. The average Bonchev–Trinajstić information content (AvgIpc) is 2.80. The first-order chi connectivity index (χ1) is 15.9. The van der Waals surface area contributed by atoms with Gasteiger partial charge in [0.15, 0.2) is 11.5 Å². The summed E-state index contributed by atoms with van der Waals surface area (Å²) in [6.45, 7) is 2.86. The second-order valence-electron chi connectivity index (χ2n) is 8.29. The van der Waals surface area contributed by atoms with Gasteiger partial charge in [-0.05, 0) is 80.7 Å². The fraction of sp³-hybridized carbons (Fsp3) is 0.320. The van der Waals surface area contributed by atoms with Crippen LogP contribution in [0.15, 0.2) is 48.5 Å². The van der Waals surface area contributed by atoms with Gasteiger partial charge in [0, 0.05) is 10.4 Å². The molecule has 4 rings (SSSR count). The van der Waals surface area contributed by atoms with Gasteiger partial charge in [-0.1, -0.05) is 35.3 Å². The minimum atomic E-state index is -0.409. The molecule has 1 saturated heterocycles. The number of hydrogen-bond donors (Lipinski definition) is 2. The maximum Gasteiger partial charge on any atom is 0.323 e. The summed E-state index contributed by atoms with van der Waals surface area (Å²) >= 11 is 12.1. The number of rotatable bonds is 6. The number of halogens is 2. The zero-order chi connectivity index (χ0) is 23.4.